The highest BCUT2D eigenvalue weighted by molar-refractivity contribution is 5.91. The van der Waals surface area contributed by atoms with Crippen molar-refractivity contribution in [3.8, 4) is 0 Å². The Morgan fingerprint density at radius 3 is 2.56 bits per heavy atom. The Morgan fingerprint density at radius 2 is 1.94 bits per heavy atom. The quantitative estimate of drug-likeness (QED) is 0.862. The summed E-state index contributed by atoms with van der Waals surface area (Å²) < 4.78 is 13.3. The van der Waals surface area contributed by atoms with Crippen LogP contribution in [-0.4, -0.2) is 11.5 Å². The summed E-state index contributed by atoms with van der Waals surface area (Å²) in [5.74, 6) is -0.247. The lowest BCUT2D eigenvalue weighted by molar-refractivity contribution is 0.571. The maximum absolute atomic E-state index is 13.3. The molecular formula is C15H19FN2. The van der Waals surface area contributed by atoms with Crippen molar-refractivity contribution in [2.24, 2.45) is 0 Å². The van der Waals surface area contributed by atoms with Crippen LogP contribution in [0.2, 0.25) is 0 Å². The van der Waals surface area contributed by atoms with E-state index < -0.39 is 0 Å². The molecule has 0 saturated heterocycles. The molecule has 0 radical (unpaired) electrons. The Morgan fingerprint density at radius 1 is 1.22 bits per heavy atom. The van der Waals surface area contributed by atoms with Gasteiger partial charge in [0.05, 0.1) is 5.52 Å². The number of rotatable bonds is 2. The number of nitrogens with zero attached hydrogens (tertiary/aromatic N) is 1. The lowest BCUT2D eigenvalue weighted by Crippen LogP contribution is -2.14. The fourth-order valence-electron chi connectivity index (χ4n) is 1.92. The lowest BCUT2D eigenvalue weighted by Gasteiger charge is -2.20. The number of pyridine rings is 1. The molecule has 1 aromatic heterocycles. The van der Waals surface area contributed by atoms with E-state index in [0.29, 0.717) is 5.52 Å². The highest BCUT2D eigenvalue weighted by atomic mass is 19.1. The lowest BCUT2D eigenvalue weighted by atomic mass is 9.90. The highest BCUT2D eigenvalue weighted by Crippen LogP contribution is 2.29. The molecular weight excluding hydrogens is 227 g/mol. The molecule has 2 nitrogen and oxygen atoms in total. The predicted octanol–water partition coefficient (Wildman–Crippen LogP) is 4.10. The van der Waals surface area contributed by atoms with E-state index in [1.165, 1.54) is 12.1 Å². The summed E-state index contributed by atoms with van der Waals surface area (Å²) in [6.07, 6.45) is 0. The fourth-order valence-corrected chi connectivity index (χ4v) is 1.92. The summed E-state index contributed by atoms with van der Waals surface area (Å²) in [7, 11) is 0. The zero-order valence-electron chi connectivity index (χ0n) is 11.3. The first-order valence-corrected chi connectivity index (χ1v) is 6.26. The van der Waals surface area contributed by atoms with Gasteiger partial charge in [0.2, 0.25) is 0 Å². The molecule has 0 spiro atoms. The van der Waals surface area contributed by atoms with Crippen LogP contribution in [0, 0.1) is 5.82 Å². The molecule has 0 atom stereocenters. The minimum Gasteiger partial charge on any atom is -0.385 e. The van der Waals surface area contributed by atoms with Crippen molar-refractivity contribution in [1.29, 1.82) is 0 Å². The van der Waals surface area contributed by atoms with Gasteiger partial charge in [0.25, 0.3) is 0 Å². The standard InChI is InChI=1S/C15H19FN2/c1-5-17-12-9-14(15(2,3)4)18-13-8-10(16)6-7-11(12)13/h6-9H,5H2,1-4H3,(H,17,18). The summed E-state index contributed by atoms with van der Waals surface area (Å²) in [6, 6.07) is 6.80. The van der Waals surface area contributed by atoms with Crippen molar-refractivity contribution in [3.05, 3.63) is 35.8 Å². The minimum atomic E-state index is -0.247. The van der Waals surface area contributed by atoms with Gasteiger partial charge >= 0.3 is 0 Å². The number of nitrogens with one attached hydrogen (secondary N) is 1. The number of hydrogen-bond donors (Lipinski definition) is 1. The van der Waals surface area contributed by atoms with Gasteiger partial charge < -0.3 is 5.32 Å². The van der Waals surface area contributed by atoms with E-state index >= 15 is 0 Å². The van der Waals surface area contributed by atoms with E-state index in [2.05, 4.69) is 37.1 Å². The average Bonchev–Trinajstić information content (AvgIpc) is 2.27. The first-order valence-electron chi connectivity index (χ1n) is 6.26. The number of hydrogen-bond acceptors (Lipinski definition) is 2. The molecule has 96 valence electrons. The largest absolute Gasteiger partial charge is 0.385 e. The van der Waals surface area contributed by atoms with Gasteiger partial charge in [-0.1, -0.05) is 20.8 Å². The van der Waals surface area contributed by atoms with Gasteiger partial charge in [0, 0.05) is 34.8 Å². The van der Waals surface area contributed by atoms with Crippen LogP contribution in [0.4, 0.5) is 10.1 Å². The van der Waals surface area contributed by atoms with E-state index in [-0.39, 0.29) is 11.2 Å². The van der Waals surface area contributed by atoms with Crippen molar-refractivity contribution in [2.75, 3.05) is 11.9 Å². The molecule has 0 aliphatic rings. The van der Waals surface area contributed by atoms with Crippen molar-refractivity contribution in [2.45, 2.75) is 33.1 Å². The molecule has 2 rings (SSSR count). The Hall–Kier alpha value is -1.64. The van der Waals surface area contributed by atoms with Crippen molar-refractivity contribution >= 4 is 16.6 Å². The zero-order valence-corrected chi connectivity index (χ0v) is 11.3. The Balaban J connectivity index is 2.70. The van der Waals surface area contributed by atoms with Gasteiger partial charge in [-0.3, -0.25) is 4.98 Å². The molecule has 18 heavy (non-hydrogen) atoms. The molecule has 1 N–H and O–H groups in total. The third-order valence-electron chi connectivity index (χ3n) is 2.91. The molecule has 1 aromatic carbocycles. The number of fused-ring (bicyclic) bond motifs is 1. The van der Waals surface area contributed by atoms with Crippen LogP contribution in [0.25, 0.3) is 10.9 Å². The summed E-state index contributed by atoms with van der Waals surface area (Å²) in [6.45, 7) is 9.20. The highest BCUT2D eigenvalue weighted by Gasteiger charge is 2.17. The summed E-state index contributed by atoms with van der Waals surface area (Å²) in [5, 5.41) is 4.28. The van der Waals surface area contributed by atoms with Crippen LogP contribution in [0.5, 0.6) is 0 Å². The van der Waals surface area contributed by atoms with Gasteiger partial charge in [0.15, 0.2) is 0 Å². The van der Waals surface area contributed by atoms with Crippen molar-refractivity contribution < 1.29 is 4.39 Å². The van der Waals surface area contributed by atoms with E-state index in [4.69, 9.17) is 0 Å². The van der Waals surface area contributed by atoms with Crippen LogP contribution in [0.3, 0.4) is 0 Å². The van der Waals surface area contributed by atoms with Crippen LogP contribution >= 0.6 is 0 Å². The van der Waals surface area contributed by atoms with E-state index in [9.17, 15) is 4.39 Å². The normalized spacial score (nSPS) is 11.8. The molecule has 0 amide bonds. The fraction of sp³-hybridized carbons (Fsp3) is 0.400. The molecule has 0 aliphatic carbocycles. The molecule has 0 saturated carbocycles. The SMILES string of the molecule is CCNc1cc(C(C)(C)C)nc2cc(F)ccc12. The monoisotopic (exact) mass is 246 g/mol. The van der Waals surface area contributed by atoms with Crippen LogP contribution in [0.1, 0.15) is 33.4 Å². The molecule has 0 fully saturated rings. The van der Waals surface area contributed by atoms with Crippen LogP contribution in [-0.2, 0) is 5.41 Å². The molecule has 0 aliphatic heterocycles. The first kappa shape index (κ1) is 12.8. The Labute approximate surface area is 107 Å². The van der Waals surface area contributed by atoms with Gasteiger partial charge in [-0.2, -0.15) is 0 Å². The third kappa shape index (κ3) is 2.45. The summed E-state index contributed by atoms with van der Waals surface area (Å²) in [5.41, 5.74) is 2.65. The minimum absolute atomic E-state index is 0.0509. The number of aromatic nitrogens is 1. The molecule has 0 bridgehead atoms. The van der Waals surface area contributed by atoms with Gasteiger partial charge in [0.1, 0.15) is 5.82 Å². The second-order valence-electron chi connectivity index (χ2n) is 5.50. The Bertz CT molecular complexity index is 570. The zero-order chi connectivity index (χ0) is 13.3. The molecule has 2 aromatic rings. The second-order valence-corrected chi connectivity index (χ2v) is 5.50. The van der Waals surface area contributed by atoms with E-state index in [1.807, 2.05) is 6.92 Å². The van der Waals surface area contributed by atoms with E-state index in [1.54, 1.807) is 6.07 Å². The van der Waals surface area contributed by atoms with Crippen LogP contribution in [0.15, 0.2) is 24.3 Å². The average molecular weight is 246 g/mol. The molecule has 3 heteroatoms. The Kier molecular flexibility index (Phi) is 3.24. The first-order chi connectivity index (χ1) is 8.41. The maximum Gasteiger partial charge on any atom is 0.125 e. The number of benzene rings is 1. The molecule has 1 heterocycles. The smallest absolute Gasteiger partial charge is 0.125 e. The second kappa shape index (κ2) is 4.56. The van der Waals surface area contributed by atoms with Gasteiger partial charge in [-0.05, 0) is 25.1 Å². The van der Waals surface area contributed by atoms with Crippen molar-refractivity contribution in [1.82, 2.24) is 4.98 Å². The summed E-state index contributed by atoms with van der Waals surface area (Å²) >= 11 is 0. The van der Waals surface area contributed by atoms with E-state index in [0.717, 1.165) is 23.3 Å². The van der Waals surface area contributed by atoms with Gasteiger partial charge in [-0.25, -0.2) is 4.39 Å². The predicted molar refractivity (Wildman–Crippen MR) is 74.6 cm³/mol. The summed E-state index contributed by atoms with van der Waals surface area (Å²) in [4.78, 5) is 4.57. The topological polar surface area (TPSA) is 24.9 Å². The maximum atomic E-state index is 13.3. The third-order valence-corrected chi connectivity index (χ3v) is 2.91. The number of anilines is 1. The number of halogens is 1. The van der Waals surface area contributed by atoms with Gasteiger partial charge in [-0.15, -0.1) is 0 Å². The van der Waals surface area contributed by atoms with Crippen LogP contribution < -0.4 is 5.32 Å². The molecule has 0 unspecified atom stereocenters. The van der Waals surface area contributed by atoms with Crippen molar-refractivity contribution in [3.63, 3.8) is 0 Å².